The second-order valence-electron chi connectivity index (χ2n) is 4.36. The molecule has 2 rings (SSSR count). The van der Waals surface area contributed by atoms with E-state index in [4.69, 9.17) is 5.73 Å². The molecular weight excluding hydrogens is 174 g/mol. The average molecular weight is 193 g/mol. The van der Waals surface area contributed by atoms with Crippen LogP contribution >= 0.6 is 0 Å². The molecule has 14 heavy (non-hydrogen) atoms. The van der Waals surface area contributed by atoms with Crippen molar-refractivity contribution < 1.29 is 0 Å². The summed E-state index contributed by atoms with van der Waals surface area (Å²) in [7, 11) is 0. The molecule has 0 saturated heterocycles. The van der Waals surface area contributed by atoms with Crippen LogP contribution in [0, 0.1) is 6.92 Å². The van der Waals surface area contributed by atoms with Crippen molar-refractivity contribution >= 4 is 0 Å². The molecule has 1 aliphatic rings. The second kappa shape index (κ2) is 3.73. The van der Waals surface area contributed by atoms with Gasteiger partial charge >= 0.3 is 0 Å². The van der Waals surface area contributed by atoms with Gasteiger partial charge in [-0.2, -0.15) is 5.10 Å². The minimum absolute atomic E-state index is 0.102. The molecule has 3 nitrogen and oxygen atoms in total. The molecule has 0 amide bonds. The van der Waals surface area contributed by atoms with Crippen molar-refractivity contribution in [2.45, 2.75) is 51.6 Å². The largest absolute Gasteiger partial charge is 0.324 e. The molecule has 1 aliphatic carbocycles. The van der Waals surface area contributed by atoms with Gasteiger partial charge < -0.3 is 5.73 Å². The predicted molar refractivity (Wildman–Crippen MR) is 57.1 cm³/mol. The van der Waals surface area contributed by atoms with Crippen molar-refractivity contribution in [3.05, 3.63) is 17.5 Å². The normalized spacial score (nSPS) is 20.2. The maximum atomic E-state index is 5.87. The second-order valence-corrected chi connectivity index (χ2v) is 4.36. The van der Waals surface area contributed by atoms with Gasteiger partial charge in [-0.1, -0.05) is 12.8 Å². The number of rotatable bonds is 2. The lowest BCUT2D eigenvalue weighted by Crippen LogP contribution is -2.11. The molecule has 3 heteroatoms. The van der Waals surface area contributed by atoms with Gasteiger partial charge in [-0.25, -0.2) is 0 Å². The van der Waals surface area contributed by atoms with E-state index in [2.05, 4.69) is 16.7 Å². The van der Waals surface area contributed by atoms with Crippen molar-refractivity contribution in [2.75, 3.05) is 0 Å². The quantitative estimate of drug-likeness (QED) is 0.783. The summed E-state index contributed by atoms with van der Waals surface area (Å²) in [4.78, 5) is 0. The van der Waals surface area contributed by atoms with E-state index < -0.39 is 0 Å². The minimum Gasteiger partial charge on any atom is -0.324 e. The Morgan fingerprint density at radius 1 is 1.50 bits per heavy atom. The minimum atomic E-state index is 0.102. The monoisotopic (exact) mass is 193 g/mol. The van der Waals surface area contributed by atoms with Gasteiger partial charge in [0.1, 0.15) is 0 Å². The first-order valence-electron chi connectivity index (χ1n) is 5.49. The summed E-state index contributed by atoms with van der Waals surface area (Å²) in [5, 5.41) is 4.46. The summed E-state index contributed by atoms with van der Waals surface area (Å²) in [6.07, 6.45) is 7.18. The van der Waals surface area contributed by atoms with Crippen LogP contribution in [0.1, 0.15) is 55.9 Å². The Morgan fingerprint density at radius 3 is 2.64 bits per heavy atom. The van der Waals surface area contributed by atoms with Gasteiger partial charge in [-0.15, -0.1) is 0 Å². The van der Waals surface area contributed by atoms with Gasteiger partial charge in [0.2, 0.25) is 0 Å². The van der Waals surface area contributed by atoms with Crippen molar-refractivity contribution in [3.63, 3.8) is 0 Å². The highest BCUT2D eigenvalue weighted by atomic mass is 15.3. The fraction of sp³-hybridized carbons (Fsp3) is 0.727. The lowest BCUT2D eigenvalue weighted by Gasteiger charge is -2.13. The SMILES string of the molecule is Cc1c(C(C)N)cnn1C1CCCC1. The summed E-state index contributed by atoms with van der Waals surface area (Å²) in [5.41, 5.74) is 8.32. The molecule has 1 aromatic heterocycles. The van der Waals surface area contributed by atoms with Gasteiger partial charge in [-0.05, 0) is 26.7 Å². The lowest BCUT2D eigenvalue weighted by atomic mass is 10.1. The fourth-order valence-electron chi connectivity index (χ4n) is 2.40. The highest BCUT2D eigenvalue weighted by molar-refractivity contribution is 5.20. The van der Waals surface area contributed by atoms with E-state index in [0.717, 1.165) is 0 Å². The van der Waals surface area contributed by atoms with Crippen molar-refractivity contribution in [3.8, 4) is 0 Å². The molecule has 0 radical (unpaired) electrons. The van der Waals surface area contributed by atoms with Gasteiger partial charge in [0.15, 0.2) is 0 Å². The number of hydrogen-bond acceptors (Lipinski definition) is 2. The standard InChI is InChI=1S/C11H19N3/c1-8(12)11-7-13-14(9(11)2)10-5-3-4-6-10/h7-8,10H,3-6,12H2,1-2H3. The zero-order valence-electron chi connectivity index (χ0n) is 9.03. The summed E-state index contributed by atoms with van der Waals surface area (Å²) < 4.78 is 2.17. The number of aromatic nitrogens is 2. The molecule has 2 N–H and O–H groups in total. The molecule has 0 aromatic carbocycles. The molecular formula is C11H19N3. The van der Waals surface area contributed by atoms with E-state index in [-0.39, 0.29) is 6.04 Å². The van der Waals surface area contributed by atoms with Crippen molar-refractivity contribution in [2.24, 2.45) is 5.73 Å². The van der Waals surface area contributed by atoms with E-state index >= 15 is 0 Å². The average Bonchev–Trinajstić information content (AvgIpc) is 2.71. The van der Waals surface area contributed by atoms with Gasteiger partial charge in [0, 0.05) is 17.3 Å². The lowest BCUT2D eigenvalue weighted by molar-refractivity contribution is 0.455. The zero-order chi connectivity index (χ0) is 10.1. The van der Waals surface area contributed by atoms with Crippen LogP contribution in [0.2, 0.25) is 0 Å². The number of nitrogens with two attached hydrogens (primary N) is 1. The fourth-order valence-corrected chi connectivity index (χ4v) is 2.40. The van der Waals surface area contributed by atoms with Crippen LogP contribution in [0.5, 0.6) is 0 Å². The molecule has 1 heterocycles. The Labute approximate surface area is 85.3 Å². The first kappa shape index (κ1) is 9.71. The molecule has 0 aliphatic heterocycles. The molecule has 78 valence electrons. The third-order valence-corrected chi connectivity index (χ3v) is 3.24. The highest BCUT2D eigenvalue weighted by Gasteiger charge is 2.20. The van der Waals surface area contributed by atoms with Crippen LogP contribution < -0.4 is 5.73 Å². The van der Waals surface area contributed by atoms with Gasteiger partial charge in [-0.3, -0.25) is 4.68 Å². The molecule has 1 aromatic rings. The Kier molecular flexibility index (Phi) is 2.59. The molecule has 1 saturated carbocycles. The molecule has 0 spiro atoms. The summed E-state index contributed by atoms with van der Waals surface area (Å²) in [5.74, 6) is 0. The summed E-state index contributed by atoms with van der Waals surface area (Å²) >= 11 is 0. The van der Waals surface area contributed by atoms with E-state index in [1.54, 1.807) is 0 Å². The van der Waals surface area contributed by atoms with Crippen LogP contribution in [-0.4, -0.2) is 9.78 Å². The summed E-state index contributed by atoms with van der Waals surface area (Å²) in [6, 6.07) is 0.729. The third kappa shape index (κ3) is 1.57. The van der Waals surface area contributed by atoms with Crippen molar-refractivity contribution in [1.29, 1.82) is 0 Å². The van der Waals surface area contributed by atoms with Gasteiger partial charge in [0.25, 0.3) is 0 Å². The Balaban J connectivity index is 2.26. The number of nitrogens with zero attached hydrogens (tertiary/aromatic N) is 2. The van der Waals surface area contributed by atoms with Crippen molar-refractivity contribution in [1.82, 2.24) is 9.78 Å². The topological polar surface area (TPSA) is 43.8 Å². The smallest absolute Gasteiger partial charge is 0.0540 e. The Morgan fingerprint density at radius 2 is 2.14 bits per heavy atom. The highest BCUT2D eigenvalue weighted by Crippen LogP contribution is 2.31. The first-order valence-corrected chi connectivity index (χ1v) is 5.49. The maximum Gasteiger partial charge on any atom is 0.0540 e. The summed E-state index contributed by atoms with van der Waals surface area (Å²) in [6.45, 7) is 4.15. The Bertz CT molecular complexity index is 308. The van der Waals surface area contributed by atoms with Crippen LogP contribution in [0.3, 0.4) is 0 Å². The predicted octanol–water partition coefficient (Wildman–Crippen LogP) is 2.33. The van der Waals surface area contributed by atoms with E-state index in [9.17, 15) is 0 Å². The Hall–Kier alpha value is -0.830. The van der Waals surface area contributed by atoms with Crippen LogP contribution in [0.25, 0.3) is 0 Å². The zero-order valence-corrected chi connectivity index (χ0v) is 9.03. The van der Waals surface area contributed by atoms with Gasteiger partial charge in [0.05, 0.1) is 12.2 Å². The van der Waals surface area contributed by atoms with E-state index in [1.165, 1.54) is 36.9 Å². The first-order chi connectivity index (χ1) is 6.70. The molecule has 1 fully saturated rings. The molecule has 1 unspecified atom stereocenters. The maximum absolute atomic E-state index is 5.87. The van der Waals surface area contributed by atoms with E-state index in [0.29, 0.717) is 6.04 Å². The van der Waals surface area contributed by atoms with Crippen LogP contribution in [-0.2, 0) is 0 Å². The molecule has 0 bridgehead atoms. The molecule has 1 atom stereocenters. The van der Waals surface area contributed by atoms with E-state index in [1.807, 2.05) is 13.1 Å². The third-order valence-electron chi connectivity index (χ3n) is 3.24. The van der Waals surface area contributed by atoms with Crippen LogP contribution in [0.4, 0.5) is 0 Å². The van der Waals surface area contributed by atoms with Crippen LogP contribution in [0.15, 0.2) is 6.20 Å². The number of hydrogen-bond donors (Lipinski definition) is 1.